The van der Waals surface area contributed by atoms with Crippen molar-refractivity contribution < 1.29 is 23.5 Å². The lowest BCUT2D eigenvalue weighted by Gasteiger charge is -2.03. The summed E-state index contributed by atoms with van der Waals surface area (Å²) in [5, 5.41) is 0. The minimum atomic E-state index is -0.666. The van der Waals surface area contributed by atoms with Gasteiger partial charge in [-0.05, 0) is 13.8 Å². The number of methoxy groups -OCH3 is 2. The molecule has 2 aromatic rings. The van der Waals surface area contributed by atoms with Crippen molar-refractivity contribution in [3.63, 3.8) is 0 Å². The van der Waals surface area contributed by atoms with Crippen LogP contribution in [0.5, 0.6) is 0 Å². The van der Waals surface area contributed by atoms with E-state index in [9.17, 15) is 9.59 Å². The first kappa shape index (κ1) is 13.9. The topological polar surface area (TPSA) is 94.4 Å². The number of nitrogens with one attached hydrogen (secondary N) is 1. The maximum Gasteiger partial charge on any atom is 0.341 e. The highest BCUT2D eigenvalue weighted by molar-refractivity contribution is 6.08. The third-order valence-corrected chi connectivity index (χ3v) is 2.80. The maximum absolute atomic E-state index is 11.9. The van der Waals surface area contributed by atoms with Crippen LogP contribution in [0.15, 0.2) is 10.6 Å². The van der Waals surface area contributed by atoms with Gasteiger partial charge in [0.1, 0.15) is 17.0 Å². The molecule has 2 aromatic heterocycles. The molecule has 0 atom stereocenters. The highest BCUT2D eigenvalue weighted by atomic mass is 16.5. The first-order valence-corrected chi connectivity index (χ1v) is 5.81. The van der Waals surface area contributed by atoms with Crippen molar-refractivity contribution >= 4 is 11.9 Å². The Labute approximate surface area is 114 Å². The number of aromatic amines is 1. The summed E-state index contributed by atoms with van der Waals surface area (Å²) in [5.74, 6) is -0.502. The molecule has 0 fully saturated rings. The molecular weight excluding hydrogens is 264 g/mol. The predicted octanol–water partition coefficient (Wildman–Crippen LogP) is 1.86. The molecule has 0 bridgehead atoms. The van der Waals surface area contributed by atoms with E-state index in [4.69, 9.17) is 9.15 Å². The van der Waals surface area contributed by atoms with Gasteiger partial charge >= 0.3 is 11.9 Å². The summed E-state index contributed by atoms with van der Waals surface area (Å²) in [6.45, 7) is 3.38. The van der Waals surface area contributed by atoms with Crippen molar-refractivity contribution in [1.29, 1.82) is 0 Å². The molecule has 0 aliphatic carbocycles. The number of aryl methyl sites for hydroxylation is 2. The van der Waals surface area contributed by atoms with Gasteiger partial charge in [0.15, 0.2) is 0 Å². The minimum Gasteiger partial charge on any atom is -0.465 e. The SMILES string of the molecule is COC(=O)c1c(C)[nH]c(-c2ncc(C)o2)c1C(=O)OC. The van der Waals surface area contributed by atoms with Crippen LogP contribution in [0.3, 0.4) is 0 Å². The Morgan fingerprint density at radius 1 is 1.15 bits per heavy atom. The zero-order chi connectivity index (χ0) is 14.9. The highest BCUT2D eigenvalue weighted by Crippen LogP contribution is 2.29. The van der Waals surface area contributed by atoms with E-state index in [1.807, 2.05) is 0 Å². The lowest BCUT2D eigenvalue weighted by atomic mass is 10.1. The Balaban J connectivity index is 2.69. The van der Waals surface area contributed by atoms with Crippen LogP contribution in [0.2, 0.25) is 0 Å². The molecule has 0 aliphatic rings. The molecule has 0 spiro atoms. The molecule has 106 valence electrons. The summed E-state index contributed by atoms with van der Waals surface area (Å²) in [4.78, 5) is 30.7. The number of nitrogens with zero attached hydrogens (tertiary/aromatic N) is 1. The van der Waals surface area contributed by atoms with E-state index >= 15 is 0 Å². The smallest absolute Gasteiger partial charge is 0.341 e. The van der Waals surface area contributed by atoms with Crippen molar-refractivity contribution in [3.8, 4) is 11.6 Å². The molecule has 1 N–H and O–H groups in total. The fourth-order valence-electron chi connectivity index (χ4n) is 1.92. The number of esters is 2. The van der Waals surface area contributed by atoms with Gasteiger partial charge in [-0.15, -0.1) is 0 Å². The molecule has 0 amide bonds. The summed E-state index contributed by atoms with van der Waals surface area (Å²) in [6, 6.07) is 0. The summed E-state index contributed by atoms with van der Waals surface area (Å²) in [6.07, 6.45) is 1.52. The molecule has 0 unspecified atom stereocenters. The largest absolute Gasteiger partial charge is 0.465 e. The molecule has 2 heterocycles. The minimum absolute atomic E-state index is 0.0544. The van der Waals surface area contributed by atoms with Crippen LogP contribution in [0.1, 0.15) is 32.2 Å². The van der Waals surface area contributed by atoms with Gasteiger partial charge in [-0.25, -0.2) is 14.6 Å². The number of hydrogen-bond acceptors (Lipinski definition) is 6. The van der Waals surface area contributed by atoms with Crippen LogP contribution >= 0.6 is 0 Å². The number of carbonyl (C=O) groups is 2. The molecular formula is C13H14N2O5. The summed E-state index contributed by atoms with van der Waals surface area (Å²) in [5.41, 5.74) is 0.940. The van der Waals surface area contributed by atoms with Crippen molar-refractivity contribution in [2.45, 2.75) is 13.8 Å². The zero-order valence-electron chi connectivity index (χ0n) is 11.6. The molecule has 20 heavy (non-hydrogen) atoms. The second-order valence-electron chi connectivity index (χ2n) is 4.13. The van der Waals surface area contributed by atoms with E-state index in [0.717, 1.165) is 0 Å². The average Bonchev–Trinajstić information content (AvgIpc) is 3.00. The lowest BCUT2D eigenvalue weighted by Crippen LogP contribution is -2.11. The highest BCUT2D eigenvalue weighted by Gasteiger charge is 2.30. The Hall–Kier alpha value is -2.57. The van der Waals surface area contributed by atoms with E-state index in [2.05, 4.69) is 14.7 Å². The Kier molecular flexibility index (Phi) is 3.60. The summed E-state index contributed by atoms with van der Waals surface area (Å²) >= 11 is 0. The van der Waals surface area contributed by atoms with Gasteiger partial charge in [0, 0.05) is 5.69 Å². The van der Waals surface area contributed by atoms with E-state index in [1.54, 1.807) is 13.8 Å². The van der Waals surface area contributed by atoms with Crippen LogP contribution in [-0.2, 0) is 9.47 Å². The fraction of sp³-hybridized carbons (Fsp3) is 0.308. The Morgan fingerprint density at radius 2 is 1.75 bits per heavy atom. The van der Waals surface area contributed by atoms with Crippen molar-refractivity contribution in [2.75, 3.05) is 14.2 Å². The molecule has 2 rings (SSSR count). The van der Waals surface area contributed by atoms with Gasteiger partial charge in [0.25, 0.3) is 0 Å². The third kappa shape index (κ3) is 2.18. The zero-order valence-corrected chi connectivity index (χ0v) is 11.6. The normalized spacial score (nSPS) is 10.4. The van der Waals surface area contributed by atoms with Gasteiger partial charge < -0.3 is 18.9 Å². The number of oxazole rings is 1. The first-order valence-electron chi connectivity index (χ1n) is 5.81. The van der Waals surface area contributed by atoms with Crippen LogP contribution in [0, 0.1) is 13.8 Å². The van der Waals surface area contributed by atoms with E-state index in [-0.39, 0.29) is 17.0 Å². The number of carbonyl (C=O) groups excluding carboxylic acids is 2. The second-order valence-corrected chi connectivity index (χ2v) is 4.13. The molecule has 0 aliphatic heterocycles. The van der Waals surface area contributed by atoms with E-state index < -0.39 is 11.9 Å². The van der Waals surface area contributed by atoms with Crippen molar-refractivity contribution in [2.24, 2.45) is 0 Å². The molecule has 0 aromatic carbocycles. The number of H-pyrrole nitrogens is 1. The monoisotopic (exact) mass is 278 g/mol. The van der Waals surface area contributed by atoms with Crippen LogP contribution in [-0.4, -0.2) is 36.1 Å². The standard InChI is InChI=1S/C13H14N2O5/c1-6-5-14-11(20-6)10-9(13(17)19-4)8(7(2)15-10)12(16)18-3/h5,15H,1-4H3. The number of hydrogen-bond donors (Lipinski definition) is 1. The maximum atomic E-state index is 11.9. The fourth-order valence-corrected chi connectivity index (χ4v) is 1.92. The van der Waals surface area contributed by atoms with Crippen LogP contribution in [0.4, 0.5) is 0 Å². The third-order valence-electron chi connectivity index (χ3n) is 2.80. The van der Waals surface area contributed by atoms with Crippen LogP contribution < -0.4 is 0 Å². The average molecular weight is 278 g/mol. The Morgan fingerprint density at radius 3 is 2.25 bits per heavy atom. The molecule has 0 saturated carbocycles. The molecule has 7 nitrogen and oxygen atoms in total. The number of ether oxygens (including phenoxy) is 2. The van der Waals surface area contributed by atoms with Gasteiger partial charge in [-0.2, -0.15) is 0 Å². The van der Waals surface area contributed by atoms with Gasteiger partial charge in [0.05, 0.1) is 26.0 Å². The predicted molar refractivity (Wildman–Crippen MR) is 68.4 cm³/mol. The summed E-state index contributed by atoms with van der Waals surface area (Å²) in [7, 11) is 2.47. The molecule has 0 saturated heterocycles. The van der Waals surface area contributed by atoms with Gasteiger partial charge in [0.2, 0.25) is 5.89 Å². The molecule has 7 heteroatoms. The van der Waals surface area contributed by atoms with E-state index in [1.165, 1.54) is 20.4 Å². The van der Waals surface area contributed by atoms with Crippen molar-refractivity contribution in [3.05, 3.63) is 28.8 Å². The Bertz CT molecular complexity index is 668. The summed E-state index contributed by atoms with van der Waals surface area (Å²) < 4.78 is 14.8. The second kappa shape index (κ2) is 5.20. The van der Waals surface area contributed by atoms with Gasteiger partial charge in [-0.1, -0.05) is 0 Å². The lowest BCUT2D eigenvalue weighted by molar-refractivity contribution is 0.0556. The van der Waals surface area contributed by atoms with E-state index in [0.29, 0.717) is 17.1 Å². The molecule has 0 radical (unpaired) electrons. The van der Waals surface area contributed by atoms with Gasteiger partial charge in [-0.3, -0.25) is 0 Å². The van der Waals surface area contributed by atoms with Crippen LogP contribution in [0.25, 0.3) is 11.6 Å². The number of aromatic nitrogens is 2. The van der Waals surface area contributed by atoms with Crippen molar-refractivity contribution in [1.82, 2.24) is 9.97 Å². The quantitative estimate of drug-likeness (QED) is 0.861. The number of rotatable bonds is 3. The first-order chi connectivity index (χ1) is 9.49.